The molecule has 0 unspecified atom stereocenters. The molecule has 0 radical (unpaired) electrons. The summed E-state index contributed by atoms with van der Waals surface area (Å²) in [4.78, 5) is 31.9. The minimum absolute atomic E-state index is 0.0655. The average Bonchev–Trinajstić information content (AvgIpc) is 2.68. The number of amides is 1. The van der Waals surface area contributed by atoms with Crippen LogP contribution in [0.15, 0.2) is 51.6 Å². The molecule has 2 aromatic heterocycles. The van der Waals surface area contributed by atoms with Crippen molar-refractivity contribution in [1.82, 2.24) is 9.97 Å². The zero-order valence-corrected chi connectivity index (χ0v) is 15.9. The number of hydrogen-bond acceptors (Lipinski definition) is 6. The van der Waals surface area contributed by atoms with Gasteiger partial charge in [0.05, 0.1) is 11.9 Å². The van der Waals surface area contributed by atoms with Gasteiger partial charge < -0.3 is 21.4 Å². The Balaban J connectivity index is 1.96. The molecular weight excluding hydrogens is 372 g/mol. The Labute approximate surface area is 165 Å². The van der Waals surface area contributed by atoms with Crippen LogP contribution in [0.2, 0.25) is 0 Å². The van der Waals surface area contributed by atoms with Crippen molar-refractivity contribution in [2.75, 3.05) is 17.7 Å². The van der Waals surface area contributed by atoms with Crippen LogP contribution in [0.4, 0.5) is 11.5 Å². The number of fused-ring (bicyclic) bond motifs is 1. The number of nitrogens with two attached hydrogens (primary N) is 1. The SMILES string of the molecule is CNc1cc2[nH]c(=O)c(-c3cc(NC(=O)C/C(N)=N/N=N)ccc3C)cc2cn1. The Morgan fingerprint density at radius 1 is 1.28 bits per heavy atom. The molecule has 0 aliphatic rings. The Hall–Kier alpha value is -4.08. The largest absolute Gasteiger partial charge is 0.385 e. The fourth-order valence-electron chi connectivity index (χ4n) is 2.90. The van der Waals surface area contributed by atoms with Crippen molar-refractivity contribution in [2.24, 2.45) is 16.1 Å². The molecule has 3 aromatic rings. The monoisotopic (exact) mass is 392 g/mol. The molecule has 0 saturated carbocycles. The minimum atomic E-state index is -0.402. The standard InChI is InChI=1S/C19H20N8O2/c1-10-3-4-12(24-18(28)8-16(20)26-27-21)6-13(10)14-5-11-9-23-17(22-2)7-15(11)25-19(14)29/h3-7,9H,8H2,1-2H3,(H,22,23)(H,24,28)(H,25,29)(H3,20,21,26). The summed E-state index contributed by atoms with van der Waals surface area (Å²) in [6, 6.07) is 8.80. The van der Waals surface area contributed by atoms with E-state index in [0.29, 0.717) is 28.1 Å². The summed E-state index contributed by atoms with van der Waals surface area (Å²) in [6.45, 7) is 1.88. The molecule has 0 bridgehead atoms. The Kier molecular flexibility index (Phi) is 5.63. The number of aromatic nitrogens is 2. The molecular formula is C19H20N8O2. The lowest BCUT2D eigenvalue weighted by Crippen LogP contribution is -2.21. The van der Waals surface area contributed by atoms with Gasteiger partial charge >= 0.3 is 0 Å². The first kappa shape index (κ1) is 19.7. The fourth-order valence-corrected chi connectivity index (χ4v) is 2.90. The molecule has 10 nitrogen and oxygen atoms in total. The van der Waals surface area contributed by atoms with Crippen LogP contribution >= 0.6 is 0 Å². The number of rotatable bonds is 6. The van der Waals surface area contributed by atoms with E-state index in [1.165, 1.54) is 0 Å². The highest BCUT2D eigenvalue weighted by molar-refractivity contribution is 6.05. The lowest BCUT2D eigenvalue weighted by Gasteiger charge is -2.11. The summed E-state index contributed by atoms with van der Waals surface area (Å²) in [5, 5.41) is 12.5. The summed E-state index contributed by atoms with van der Waals surface area (Å²) in [5.74, 6) is 0.188. The fraction of sp³-hybridized carbons (Fsp3) is 0.158. The van der Waals surface area contributed by atoms with Crippen LogP contribution < -0.4 is 21.9 Å². The number of aromatic amines is 1. The number of hydrogen-bond donors (Lipinski definition) is 5. The van der Waals surface area contributed by atoms with E-state index in [1.54, 1.807) is 37.5 Å². The maximum absolute atomic E-state index is 12.7. The van der Waals surface area contributed by atoms with Gasteiger partial charge in [-0.25, -0.2) is 4.98 Å². The normalized spacial score (nSPS) is 11.3. The molecule has 0 saturated heterocycles. The lowest BCUT2D eigenvalue weighted by atomic mass is 10.00. The van der Waals surface area contributed by atoms with Crippen molar-refractivity contribution < 1.29 is 4.79 Å². The van der Waals surface area contributed by atoms with Crippen molar-refractivity contribution in [2.45, 2.75) is 13.3 Å². The third-order valence-corrected chi connectivity index (χ3v) is 4.32. The molecule has 0 aliphatic heterocycles. The second-order valence-corrected chi connectivity index (χ2v) is 6.36. The summed E-state index contributed by atoms with van der Waals surface area (Å²) in [6.07, 6.45) is 1.49. The van der Waals surface area contributed by atoms with Crippen LogP contribution in [-0.2, 0) is 4.79 Å². The Morgan fingerprint density at radius 3 is 2.79 bits per heavy atom. The molecule has 3 rings (SSSR count). The van der Waals surface area contributed by atoms with Gasteiger partial charge in [-0.05, 0) is 36.2 Å². The van der Waals surface area contributed by atoms with E-state index >= 15 is 0 Å². The predicted octanol–water partition coefficient (Wildman–Crippen LogP) is 2.57. The van der Waals surface area contributed by atoms with E-state index in [4.69, 9.17) is 11.3 Å². The highest BCUT2D eigenvalue weighted by Gasteiger charge is 2.12. The maximum Gasteiger partial charge on any atom is 0.256 e. The zero-order valence-electron chi connectivity index (χ0n) is 15.9. The van der Waals surface area contributed by atoms with Crippen LogP contribution in [-0.4, -0.2) is 28.8 Å². The highest BCUT2D eigenvalue weighted by Crippen LogP contribution is 2.26. The summed E-state index contributed by atoms with van der Waals surface area (Å²) < 4.78 is 0. The third kappa shape index (κ3) is 4.43. The van der Waals surface area contributed by atoms with Gasteiger partial charge in [-0.15, -0.1) is 5.10 Å². The van der Waals surface area contributed by atoms with Crippen LogP contribution in [0.25, 0.3) is 22.0 Å². The predicted molar refractivity (Wildman–Crippen MR) is 112 cm³/mol. The van der Waals surface area contributed by atoms with Crippen molar-refractivity contribution in [3.8, 4) is 11.1 Å². The number of pyridine rings is 2. The number of nitrogens with zero attached hydrogens (tertiary/aromatic N) is 3. The van der Waals surface area contributed by atoms with Crippen LogP contribution in [0.5, 0.6) is 0 Å². The number of H-pyrrole nitrogens is 1. The number of carbonyl (C=O) groups excluding carboxylic acids is 1. The van der Waals surface area contributed by atoms with E-state index in [-0.39, 0.29) is 17.8 Å². The lowest BCUT2D eigenvalue weighted by molar-refractivity contribution is -0.115. The van der Waals surface area contributed by atoms with Crippen LogP contribution in [0.3, 0.4) is 0 Å². The van der Waals surface area contributed by atoms with Gasteiger partial charge in [0, 0.05) is 35.9 Å². The van der Waals surface area contributed by atoms with Gasteiger partial charge in [0.25, 0.3) is 5.56 Å². The summed E-state index contributed by atoms with van der Waals surface area (Å²) >= 11 is 0. The van der Waals surface area contributed by atoms with Gasteiger partial charge in [-0.3, -0.25) is 9.59 Å². The molecule has 29 heavy (non-hydrogen) atoms. The number of nitrogens with one attached hydrogen (secondary N) is 4. The van der Waals surface area contributed by atoms with Gasteiger partial charge in [-0.2, -0.15) is 5.53 Å². The van der Waals surface area contributed by atoms with Gasteiger partial charge in [0.15, 0.2) is 0 Å². The van der Waals surface area contributed by atoms with Crippen LogP contribution in [0.1, 0.15) is 12.0 Å². The summed E-state index contributed by atoms with van der Waals surface area (Å²) in [7, 11) is 1.75. The molecule has 0 spiro atoms. The number of aryl methyl sites for hydroxylation is 1. The van der Waals surface area contributed by atoms with Crippen LogP contribution in [0, 0.1) is 12.5 Å². The average molecular weight is 392 g/mol. The first-order valence-electron chi connectivity index (χ1n) is 8.71. The molecule has 1 aromatic carbocycles. The van der Waals surface area contributed by atoms with Crippen molar-refractivity contribution in [3.05, 3.63) is 52.4 Å². The molecule has 2 heterocycles. The first-order chi connectivity index (χ1) is 13.9. The zero-order chi connectivity index (χ0) is 21.0. The van der Waals surface area contributed by atoms with Crippen molar-refractivity contribution in [3.63, 3.8) is 0 Å². The minimum Gasteiger partial charge on any atom is -0.385 e. The maximum atomic E-state index is 12.7. The first-order valence-corrected chi connectivity index (χ1v) is 8.71. The molecule has 0 atom stereocenters. The van der Waals surface area contributed by atoms with E-state index in [1.807, 2.05) is 13.0 Å². The van der Waals surface area contributed by atoms with Gasteiger partial charge in [-0.1, -0.05) is 11.3 Å². The van der Waals surface area contributed by atoms with Gasteiger partial charge in [0.2, 0.25) is 5.91 Å². The van der Waals surface area contributed by atoms with E-state index in [2.05, 4.69) is 30.9 Å². The van der Waals surface area contributed by atoms with E-state index < -0.39 is 5.91 Å². The van der Waals surface area contributed by atoms with Gasteiger partial charge in [0.1, 0.15) is 11.7 Å². The number of carbonyl (C=O) groups is 1. The highest BCUT2D eigenvalue weighted by atomic mass is 16.1. The van der Waals surface area contributed by atoms with E-state index in [0.717, 1.165) is 10.9 Å². The van der Waals surface area contributed by atoms with Crippen molar-refractivity contribution >= 4 is 34.2 Å². The number of anilines is 2. The molecule has 148 valence electrons. The molecule has 0 fully saturated rings. The summed E-state index contributed by atoms with van der Waals surface area (Å²) in [5.41, 5.74) is 15.1. The topological polar surface area (TPSA) is 161 Å². The quantitative estimate of drug-likeness (QED) is 0.188. The van der Waals surface area contributed by atoms with Crippen molar-refractivity contribution in [1.29, 1.82) is 5.53 Å². The number of amidine groups is 1. The second kappa shape index (κ2) is 8.30. The Morgan fingerprint density at radius 2 is 2.07 bits per heavy atom. The third-order valence-electron chi connectivity index (χ3n) is 4.32. The molecule has 1 amide bonds. The molecule has 10 heteroatoms. The van der Waals surface area contributed by atoms with E-state index in [9.17, 15) is 9.59 Å². The molecule has 0 aliphatic carbocycles. The number of benzene rings is 1. The Bertz CT molecular complexity index is 1180. The second-order valence-electron chi connectivity index (χ2n) is 6.36. The smallest absolute Gasteiger partial charge is 0.256 e. The molecule has 6 N–H and O–H groups in total.